The molecule has 1 aromatic rings. The van der Waals surface area contributed by atoms with Crippen LogP contribution in [0.25, 0.3) is 0 Å². The molecule has 68 valence electrons. The molecule has 3 heteroatoms. The van der Waals surface area contributed by atoms with Gasteiger partial charge >= 0.3 is 0 Å². The van der Waals surface area contributed by atoms with Crippen molar-refractivity contribution in [1.82, 2.24) is 14.9 Å². The van der Waals surface area contributed by atoms with Crippen molar-refractivity contribution in [2.45, 2.75) is 19.3 Å². The quantitative estimate of drug-likeness (QED) is 0.728. The first-order chi connectivity index (χ1) is 5.75. The van der Waals surface area contributed by atoms with Crippen molar-refractivity contribution in [2.75, 3.05) is 13.6 Å². The van der Waals surface area contributed by atoms with Crippen molar-refractivity contribution in [1.29, 1.82) is 0 Å². The number of rotatable bonds is 4. The van der Waals surface area contributed by atoms with Gasteiger partial charge in [-0.25, -0.2) is 4.98 Å². The highest BCUT2D eigenvalue weighted by atomic mass is 15.0. The van der Waals surface area contributed by atoms with Crippen LogP contribution < -0.4 is 5.32 Å². The summed E-state index contributed by atoms with van der Waals surface area (Å²) < 4.78 is 2.08. The van der Waals surface area contributed by atoms with Crippen LogP contribution in [-0.2, 0) is 7.05 Å². The fraction of sp³-hybridized carbons (Fsp3) is 0.667. The Kier molecular flexibility index (Phi) is 3.29. The van der Waals surface area contributed by atoms with Gasteiger partial charge in [-0.1, -0.05) is 6.92 Å². The van der Waals surface area contributed by atoms with Gasteiger partial charge in [0.15, 0.2) is 0 Å². The number of nitrogens with one attached hydrogen (secondary N) is 1. The lowest BCUT2D eigenvalue weighted by molar-refractivity contribution is 0.587. The molecule has 0 radical (unpaired) electrons. The highest BCUT2D eigenvalue weighted by Gasteiger charge is 2.08. The molecule has 1 aromatic heterocycles. The van der Waals surface area contributed by atoms with Crippen LogP contribution in [0.4, 0.5) is 0 Å². The molecule has 1 unspecified atom stereocenters. The third kappa shape index (κ3) is 2.08. The molecule has 1 heterocycles. The van der Waals surface area contributed by atoms with Crippen LogP contribution in [0.2, 0.25) is 0 Å². The lowest BCUT2D eigenvalue weighted by Gasteiger charge is -2.10. The molecule has 12 heavy (non-hydrogen) atoms. The zero-order valence-corrected chi connectivity index (χ0v) is 8.04. The maximum Gasteiger partial charge on any atom is 0.111 e. The first kappa shape index (κ1) is 9.26. The summed E-state index contributed by atoms with van der Waals surface area (Å²) in [6.45, 7) is 3.26. The van der Waals surface area contributed by atoms with E-state index in [-0.39, 0.29) is 0 Å². The molecule has 0 saturated heterocycles. The molecule has 0 amide bonds. The minimum Gasteiger partial charge on any atom is -0.338 e. The van der Waals surface area contributed by atoms with Gasteiger partial charge in [-0.05, 0) is 20.0 Å². The van der Waals surface area contributed by atoms with E-state index < -0.39 is 0 Å². The SMILES string of the molecule is CNCCC(C)c1nccn1C. The summed E-state index contributed by atoms with van der Waals surface area (Å²) in [5, 5.41) is 3.14. The summed E-state index contributed by atoms with van der Waals surface area (Å²) in [6, 6.07) is 0. The van der Waals surface area contributed by atoms with Crippen molar-refractivity contribution in [3.63, 3.8) is 0 Å². The normalized spacial score (nSPS) is 13.2. The molecule has 0 saturated carbocycles. The van der Waals surface area contributed by atoms with E-state index in [1.54, 1.807) is 0 Å². The van der Waals surface area contributed by atoms with E-state index >= 15 is 0 Å². The highest BCUT2D eigenvalue weighted by molar-refractivity contribution is 4.97. The smallest absolute Gasteiger partial charge is 0.111 e. The minimum absolute atomic E-state index is 0.539. The number of hydrogen-bond acceptors (Lipinski definition) is 2. The Bertz CT molecular complexity index is 229. The van der Waals surface area contributed by atoms with Gasteiger partial charge in [0.25, 0.3) is 0 Å². The van der Waals surface area contributed by atoms with E-state index in [4.69, 9.17) is 0 Å². The number of aryl methyl sites for hydroxylation is 1. The molecule has 0 bridgehead atoms. The summed E-state index contributed by atoms with van der Waals surface area (Å²) in [4.78, 5) is 4.30. The second-order valence-electron chi connectivity index (χ2n) is 3.19. The number of imidazole rings is 1. The maximum atomic E-state index is 4.30. The van der Waals surface area contributed by atoms with E-state index in [9.17, 15) is 0 Å². The molecule has 0 aromatic carbocycles. The molecule has 1 N–H and O–H groups in total. The van der Waals surface area contributed by atoms with Crippen molar-refractivity contribution < 1.29 is 0 Å². The van der Waals surface area contributed by atoms with Crippen LogP contribution in [-0.4, -0.2) is 23.1 Å². The molecule has 1 atom stereocenters. The Hall–Kier alpha value is -0.830. The van der Waals surface area contributed by atoms with Crippen LogP contribution in [0.1, 0.15) is 25.1 Å². The maximum absolute atomic E-state index is 4.30. The molecule has 0 aliphatic rings. The lowest BCUT2D eigenvalue weighted by Crippen LogP contribution is -2.12. The first-order valence-electron chi connectivity index (χ1n) is 4.37. The molecule has 0 fully saturated rings. The largest absolute Gasteiger partial charge is 0.338 e. The van der Waals surface area contributed by atoms with E-state index in [1.807, 2.05) is 26.5 Å². The Labute approximate surface area is 73.8 Å². The van der Waals surface area contributed by atoms with Gasteiger partial charge in [-0.3, -0.25) is 0 Å². The van der Waals surface area contributed by atoms with E-state index in [0.29, 0.717) is 5.92 Å². The highest BCUT2D eigenvalue weighted by Crippen LogP contribution is 2.14. The second kappa shape index (κ2) is 4.26. The van der Waals surface area contributed by atoms with E-state index in [1.165, 1.54) is 5.82 Å². The van der Waals surface area contributed by atoms with Gasteiger partial charge in [0.1, 0.15) is 5.82 Å². The van der Waals surface area contributed by atoms with E-state index in [0.717, 1.165) is 13.0 Å². The van der Waals surface area contributed by atoms with Crippen LogP contribution in [0.15, 0.2) is 12.4 Å². The Balaban J connectivity index is 2.52. The van der Waals surface area contributed by atoms with Crippen LogP contribution >= 0.6 is 0 Å². The Morgan fingerprint density at radius 3 is 2.92 bits per heavy atom. The summed E-state index contributed by atoms with van der Waals surface area (Å²) in [5.74, 6) is 1.71. The monoisotopic (exact) mass is 167 g/mol. The zero-order chi connectivity index (χ0) is 8.97. The van der Waals surface area contributed by atoms with E-state index in [2.05, 4.69) is 21.8 Å². The van der Waals surface area contributed by atoms with Gasteiger partial charge in [0, 0.05) is 25.4 Å². The van der Waals surface area contributed by atoms with Crippen molar-refractivity contribution in [3.05, 3.63) is 18.2 Å². The molecular formula is C9H17N3. The third-order valence-electron chi connectivity index (χ3n) is 2.13. The summed E-state index contributed by atoms with van der Waals surface area (Å²) in [6.07, 6.45) is 4.98. The fourth-order valence-corrected chi connectivity index (χ4v) is 1.34. The first-order valence-corrected chi connectivity index (χ1v) is 4.37. The summed E-state index contributed by atoms with van der Waals surface area (Å²) in [5.41, 5.74) is 0. The van der Waals surface area contributed by atoms with Crippen molar-refractivity contribution >= 4 is 0 Å². The minimum atomic E-state index is 0.539. The fourth-order valence-electron chi connectivity index (χ4n) is 1.34. The van der Waals surface area contributed by atoms with Gasteiger partial charge < -0.3 is 9.88 Å². The summed E-state index contributed by atoms with van der Waals surface area (Å²) >= 11 is 0. The van der Waals surface area contributed by atoms with Crippen molar-refractivity contribution in [3.8, 4) is 0 Å². The molecule has 0 aliphatic carbocycles. The van der Waals surface area contributed by atoms with Crippen molar-refractivity contribution in [2.24, 2.45) is 7.05 Å². The molecule has 0 spiro atoms. The Morgan fingerprint density at radius 2 is 2.42 bits per heavy atom. The standard InChI is InChI=1S/C9H17N3/c1-8(4-5-10-2)9-11-6-7-12(9)3/h6-8,10H,4-5H2,1-3H3. The molecular weight excluding hydrogens is 150 g/mol. The molecule has 3 nitrogen and oxygen atoms in total. The van der Waals surface area contributed by atoms with Gasteiger partial charge in [0.2, 0.25) is 0 Å². The summed E-state index contributed by atoms with van der Waals surface area (Å²) in [7, 11) is 4.02. The van der Waals surface area contributed by atoms with Crippen LogP contribution in [0.3, 0.4) is 0 Å². The number of aromatic nitrogens is 2. The Morgan fingerprint density at radius 1 is 1.67 bits per heavy atom. The molecule has 1 rings (SSSR count). The van der Waals surface area contributed by atoms with Gasteiger partial charge in [0.05, 0.1) is 0 Å². The molecule has 0 aliphatic heterocycles. The van der Waals surface area contributed by atoms with Gasteiger partial charge in [-0.2, -0.15) is 0 Å². The second-order valence-corrected chi connectivity index (χ2v) is 3.19. The predicted molar refractivity (Wildman–Crippen MR) is 50.2 cm³/mol. The number of hydrogen-bond donors (Lipinski definition) is 1. The van der Waals surface area contributed by atoms with Gasteiger partial charge in [-0.15, -0.1) is 0 Å². The number of nitrogens with zero attached hydrogens (tertiary/aromatic N) is 2. The average Bonchev–Trinajstić information content (AvgIpc) is 2.47. The van der Waals surface area contributed by atoms with Crippen LogP contribution in [0.5, 0.6) is 0 Å². The predicted octanol–water partition coefficient (Wildman–Crippen LogP) is 1.13. The average molecular weight is 167 g/mol. The topological polar surface area (TPSA) is 29.9 Å². The lowest BCUT2D eigenvalue weighted by atomic mass is 10.1. The third-order valence-corrected chi connectivity index (χ3v) is 2.13. The zero-order valence-electron chi connectivity index (χ0n) is 8.04. The van der Waals surface area contributed by atoms with Crippen LogP contribution in [0, 0.1) is 0 Å².